The first-order chi connectivity index (χ1) is 20.1. The molecule has 0 fully saturated rings. The number of hydrogen-bond donors (Lipinski definition) is 1. The van der Waals surface area contributed by atoms with Crippen LogP contribution < -0.4 is 5.32 Å². The molecule has 1 aromatic carbocycles. The minimum Gasteiger partial charge on any atom is -0.463 e. The summed E-state index contributed by atoms with van der Waals surface area (Å²) in [5.41, 5.74) is -0.385. The van der Waals surface area contributed by atoms with Gasteiger partial charge in [-0.3, -0.25) is 14.5 Å². The van der Waals surface area contributed by atoms with Gasteiger partial charge in [0.05, 0.1) is 12.6 Å². The Morgan fingerprint density at radius 3 is 1.95 bits per heavy atom. The summed E-state index contributed by atoms with van der Waals surface area (Å²) in [6, 6.07) is 7.06. The number of carbonyl (C=O) groups excluding carboxylic acids is 4. The Morgan fingerprint density at radius 2 is 1.50 bits per heavy atom. The topological polar surface area (TPSA) is 105 Å². The Hall–Kier alpha value is -3.01. The molecule has 3 amide bonds. The second-order valence-corrected chi connectivity index (χ2v) is 15.0. The summed E-state index contributed by atoms with van der Waals surface area (Å²) in [5.74, 6) is -1.28. The molecule has 0 heterocycles. The smallest absolute Gasteiger partial charge is 0.410 e. The van der Waals surface area contributed by atoms with E-state index in [0.717, 1.165) is 5.56 Å². The number of nitrogens with zero attached hydrogens (tertiary/aromatic N) is 2. The van der Waals surface area contributed by atoms with E-state index in [0.29, 0.717) is 5.57 Å². The summed E-state index contributed by atoms with van der Waals surface area (Å²) in [6.45, 7) is 20.5. The van der Waals surface area contributed by atoms with Crippen LogP contribution in [0.3, 0.4) is 0 Å². The van der Waals surface area contributed by atoms with Gasteiger partial charge in [0.25, 0.3) is 0 Å². The Kier molecular flexibility index (Phi) is 14.0. The summed E-state index contributed by atoms with van der Waals surface area (Å²) in [4.78, 5) is 57.3. The maximum atomic E-state index is 14.4. The zero-order valence-electron chi connectivity index (χ0n) is 29.2. The van der Waals surface area contributed by atoms with Crippen LogP contribution >= 0.6 is 11.8 Å². The van der Waals surface area contributed by atoms with Gasteiger partial charge in [0.15, 0.2) is 0 Å². The van der Waals surface area contributed by atoms with E-state index in [4.69, 9.17) is 9.47 Å². The number of nitrogens with one attached hydrogen (secondary N) is 1. The van der Waals surface area contributed by atoms with Crippen LogP contribution in [0.4, 0.5) is 4.79 Å². The molecule has 3 atom stereocenters. The molecule has 0 saturated carbocycles. The number of likely N-dealkylation sites (N-methyl/N-ethyl adjacent to an activating group) is 2. The van der Waals surface area contributed by atoms with Gasteiger partial charge in [0.2, 0.25) is 11.8 Å². The van der Waals surface area contributed by atoms with Crippen molar-refractivity contribution >= 4 is 35.6 Å². The van der Waals surface area contributed by atoms with E-state index >= 15 is 0 Å². The molecule has 0 saturated heterocycles. The molecular weight excluding hydrogens is 578 g/mol. The first-order valence-corrected chi connectivity index (χ1v) is 16.3. The standard InChI is InChI=1S/C34H55N3O6S/c1-15-42-30(40)23(4)21-25(22(2)3)36(12)29(39)26(34(10,11)44-14)35-28(38)27(37(13)31(41)43-32(5,6)7)33(8,9)24-19-17-16-18-20-24/h16-22,25-27H,15H2,1-14H3,(H,35,38)/t25-,26-,27-/m1/s1. The number of ether oxygens (including phenoxy) is 2. The molecule has 9 nitrogen and oxygen atoms in total. The van der Waals surface area contributed by atoms with E-state index in [9.17, 15) is 19.2 Å². The monoisotopic (exact) mass is 633 g/mol. The molecule has 248 valence electrons. The second kappa shape index (κ2) is 15.8. The molecule has 1 N–H and O–H groups in total. The SMILES string of the molecule is CCOC(=O)C(C)=C[C@H](C(C)C)N(C)C(=O)[C@@H](NC(=O)[C@@H](N(C)C(=O)OC(C)(C)C)C(C)(C)c1ccccc1)C(C)(C)SC. The van der Waals surface area contributed by atoms with Crippen molar-refractivity contribution in [2.45, 2.75) is 110 Å². The van der Waals surface area contributed by atoms with Crippen LogP contribution in [-0.4, -0.2) is 89.1 Å². The van der Waals surface area contributed by atoms with Gasteiger partial charge in [0, 0.05) is 29.8 Å². The van der Waals surface area contributed by atoms with Gasteiger partial charge in [-0.1, -0.05) is 64.1 Å². The van der Waals surface area contributed by atoms with Gasteiger partial charge < -0.3 is 19.7 Å². The number of thioether (sulfide) groups is 1. The van der Waals surface area contributed by atoms with E-state index in [-0.39, 0.29) is 18.4 Å². The zero-order valence-corrected chi connectivity index (χ0v) is 30.0. The maximum absolute atomic E-state index is 14.4. The number of carbonyl (C=O) groups is 4. The van der Waals surface area contributed by atoms with Crippen LogP contribution in [0, 0.1) is 5.92 Å². The number of amides is 3. The minimum absolute atomic E-state index is 0.0369. The summed E-state index contributed by atoms with van der Waals surface area (Å²) < 4.78 is 10.1. The third kappa shape index (κ3) is 10.3. The fourth-order valence-corrected chi connectivity index (χ4v) is 5.39. The fourth-order valence-electron chi connectivity index (χ4n) is 5.00. The normalized spacial score (nSPS) is 14.8. The maximum Gasteiger partial charge on any atom is 0.410 e. The summed E-state index contributed by atoms with van der Waals surface area (Å²) in [5, 5.41) is 3.04. The van der Waals surface area contributed by atoms with Crippen LogP contribution in [0.5, 0.6) is 0 Å². The second-order valence-electron chi connectivity index (χ2n) is 13.6. The van der Waals surface area contributed by atoms with Crippen molar-refractivity contribution < 1.29 is 28.7 Å². The third-order valence-corrected chi connectivity index (χ3v) is 9.06. The highest BCUT2D eigenvalue weighted by Gasteiger charge is 2.46. The molecule has 0 aliphatic heterocycles. The molecule has 10 heteroatoms. The lowest BCUT2D eigenvalue weighted by atomic mass is 9.76. The number of benzene rings is 1. The third-order valence-electron chi connectivity index (χ3n) is 7.77. The molecular formula is C34H55N3O6S. The first-order valence-electron chi connectivity index (χ1n) is 15.1. The van der Waals surface area contributed by atoms with Crippen molar-refractivity contribution in [1.82, 2.24) is 15.1 Å². The number of esters is 1. The largest absolute Gasteiger partial charge is 0.463 e. The van der Waals surface area contributed by atoms with Gasteiger partial charge in [-0.05, 0) is 66.2 Å². The quantitative estimate of drug-likeness (QED) is 0.216. The van der Waals surface area contributed by atoms with E-state index in [1.54, 1.807) is 59.7 Å². The zero-order chi connectivity index (χ0) is 34.2. The summed E-state index contributed by atoms with van der Waals surface area (Å²) in [7, 11) is 3.22. The van der Waals surface area contributed by atoms with Gasteiger partial charge in [-0.25, -0.2) is 9.59 Å². The predicted molar refractivity (Wildman–Crippen MR) is 179 cm³/mol. The Morgan fingerprint density at radius 1 is 0.955 bits per heavy atom. The van der Waals surface area contributed by atoms with Crippen LogP contribution in [0.15, 0.2) is 42.0 Å². The van der Waals surface area contributed by atoms with E-state index in [1.807, 2.05) is 78.1 Å². The van der Waals surface area contributed by atoms with Crippen LogP contribution in [0.25, 0.3) is 0 Å². The first kappa shape index (κ1) is 39.0. The average Bonchev–Trinajstić information content (AvgIpc) is 2.93. The lowest BCUT2D eigenvalue weighted by Crippen LogP contribution is -2.64. The number of rotatable bonds is 13. The van der Waals surface area contributed by atoms with Gasteiger partial charge in [-0.15, -0.1) is 0 Å². The van der Waals surface area contributed by atoms with Crippen molar-refractivity contribution in [2.75, 3.05) is 27.0 Å². The summed E-state index contributed by atoms with van der Waals surface area (Å²) >= 11 is 1.45. The predicted octanol–water partition coefficient (Wildman–Crippen LogP) is 5.82. The Bertz CT molecular complexity index is 1170. The van der Waals surface area contributed by atoms with Crippen LogP contribution in [0.1, 0.15) is 81.7 Å². The van der Waals surface area contributed by atoms with E-state index < -0.39 is 51.9 Å². The lowest BCUT2D eigenvalue weighted by molar-refractivity contribution is -0.140. The van der Waals surface area contributed by atoms with Crippen molar-refractivity contribution in [1.29, 1.82) is 0 Å². The molecule has 44 heavy (non-hydrogen) atoms. The van der Waals surface area contributed by atoms with Crippen LogP contribution in [0.2, 0.25) is 0 Å². The highest BCUT2D eigenvalue weighted by Crippen LogP contribution is 2.33. The van der Waals surface area contributed by atoms with E-state index in [2.05, 4.69) is 5.32 Å². The lowest BCUT2D eigenvalue weighted by Gasteiger charge is -2.43. The molecule has 1 aromatic rings. The van der Waals surface area contributed by atoms with E-state index in [1.165, 1.54) is 16.7 Å². The van der Waals surface area contributed by atoms with Crippen molar-refractivity contribution in [3.8, 4) is 0 Å². The number of hydrogen-bond acceptors (Lipinski definition) is 7. The molecule has 0 aromatic heterocycles. The Labute approximate surface area is 269 Å². The highest BCUT2D eigenvalue weighted by atomic mass is 32.2. The molecule has 0 bridgehead atoms. The van der Waals surface area contributed by atoms with Crippen molar-refractivity contribution in [3.05, 3.63) is 47.5 Å². The highest BCUT2D eigenvalue weighted by molar-refractivity contribution is 8.00. The summed E-state index contributed by atoms with van der Waals surface area (Å²) in [6.07, 6.45) is 2.98. The van der Waals surface area contributed by atoms with Gasteiger partial charge >= 0.3 is 12.1 Å². The Balaban J connectivity index is 3.65. The van der Waals surface area contributed by atoms with Gasteiger partial charge in [0.1, 0.15) is 17.7 Å². The molecule has 0 aliphatic carbocycles. The molecule has 0 aliphatic rings. The van der Waals surface area contributed by atoms with Crippen LogP contribution in [-0.2, 0) is 29.3 Å². The molecule has 0 unspecified atom stereocenters. The van der Waals surface area contributed by atoms with Crippen molar-refractivity contribution in [3.63, 3.8) is 0 Å². The van der Waals surface area contributed by atoms with Crippen molar-refractivity contribution in [2.24, 2.45) is 5.92 Å². The molecule has 0 radical (unpaired) electrons. The van der Waals surface area contributed by atoms with Gasteiger partial charge in [-0.2, -0.15) is 11.8 Å². The fraction of sp³-hybridized carbons (Fsp3) is 0.647. The molecule has 0 spiro atoms. The molecule has 1 rings (SSSR count). The average molecular weight is 634 g/mol. The minimum atomic E-state index is -1.02.